The molecule has 1 fully saturated rings. The minimum absolute atomic E-state index is 0.0245. The van der Waals surface area contributed by atoms with Crippen molar-refractivity contribution in [2.45, 2.75) is 25.8 Å². The smallest absolute Gasteiger partial charge is 0.266 e. The first-order valence-electron chi connectivity index (χ1n) is 6.89. The van der Waals surface area contributed by atoms with Crippen molar-refractivity contribution in [2.24, 2.45) is 5.73 Å². The second-order valence-electron chi connectivity index (χ2n) is 5.50. The van der Waals surface area contributed by atoms with Gasteiger partial charge in [-0.05, 0) is 31.4 Å². The maximum Gasteiger partial charge on any atom is 0.266 e. The highest BCUT2D eigenvalue weighted by Gasteiger charge is 2.25. The maximum absolute atomic E-state index is 12.6. The van der Waals surface area contributed by atoms with Gasteiger partial charge in [-0.25, -0.2) is 0 Å². The third-order valence-electron chi connectivity index (χ3n) is 3.82. The van der Waals surface area contributed by atoms with Gasteiger partial charge in [-0.1, -0.05) is 12.1 Å². The van der Waals surface area contributed by atoms with Gasteiger partial charge in [-0.2, -0.15) is 0 Å². The van der Waals surface area contributed by atoms with Gasteiger partial charge in [0.15, 0.2) is 0 Å². The normalized spacial score (nSPS) is 19.5. The summed E-state index contributed by atoms with van der Waals surface area (Å²) in [6, 6.07) is 6.19. The first kappa shape index (κ1) is 13.4. The zero-order valence-corrected chi connectivity index (χ0v) is 12.4. The van der Waals surface area contributed by atoms with Gasteiger partial charge in [0.1, 0.15) is 4.88 Å². The first-order valence-corrected chi connectivity index (χ1v) is 7.71. The second-order valence-corrected chi connectivity index (χ2v) is 6.55. The Labute approximate surface area is 122 Å². The number of fused-ring (bicyclic) bond motifs is 1. The lowest BCUT2D eigenvalue weighted by Gasteiger charge is -2.30. The molecular formula is C15H19N3OS. The molecular weight excluding hydrogens is 270 g/mol. The van der Waals surface area contributed by atoms with Gasteiger partial charge in [-0.15, -0.1) is 11.3 Å². The molecule has 0 radical (unpaired) electrons. The first-order chi connectivity index (χ1) is 9.56. The van der Waals surface area contributed by atoms with E-state index in [-0.39, 0.29) is 11.9 Å². The highest BCUT2D eigenvalue weighted by molar-refractivity contribution is 7.21. The standard InChI is InChI=1S/C15H19N3OS/c1-9-4-5-11-12(7-9)20-14(13(11)17)15(19)18-6-2-3-10(16)8-18/h4-5,7,10H,2-3,6,8,16-17H2,1H3. The lowest BCUT2D eigenvalue weighted by atomic mass is 10.1. The number of carbonyl (C=O) groups excluding carboxylic acids is 1. The lowest BCUT2D eigenvalue weighted by Crippen LogP contribution is -2.45. The van der Waals surface area contributed by atoms with Gasteiger partial charge in [0.25, 0.3) is 5.91 Å². The summed E-state index contributed by atoms with van der Waals surface area (Å²) in [6.07, 6.45) is 1.96. The van der Waals surface area contributed by atoms with E-state index in [1.54, 1.807) is 0 Å². The fourth-order valence-electron chi connectivity index (χ4n) is 2.72. The van der Waals surface area contributed by atoms with Crippen LogP contribution in [0.15, 0.2) is 18.2 Å². The molecule has 20 heavy (non-hydrogen) atoms. The third-order valence-corrected chi connectivity index (χ3v) is 4.98. The molecule has 0 spiro atoms. The number of nitrogens with zero attached hydrogens (tertiary/aromatic N) is 1. The van der Waals surface area contributed by atoms with Gasteiger partial charge in [0.2, 0.25) is 0 Å². The van der Waals surface area contributed by atoms with E-state index in [9.17, 15) is 4.79 Å². The molecule has 1 amide bonds. The minimum Gasteiger partial charge on any atom is -0.397 e. The number of nitrogen functional groups attached to an aromatic ring is 1. The molecule has 2 heterocycles. The number of likely N-dealkylation sites (tertiary alicyclic amines) is 1. The number of hydrogen-bond acceptors (Lipinski definition) is 4. The van der Waals surface area contributed by atoms with Crippen LogP contribution >= 0.6 is 11.3 Å². The van der Waals surface area contributed by atoms with E-state index in [1.165, 1.54) is 16.9 Å². The van der Waals surface area contributed by atoms with E-state index in [1.807, 2.05) is 24.0 Å². The average molecular weight is 289 g/mol. The number of hydrogen-bond donors (Lipinski definition) is 2. The Bertz CT molecular complexity index is 664. The SMILES string of the molecule is Cc1ccc2c(N)c(C(=O)N3CCCC(N)C3)sc2c1. The van der Waals surface area contributed by atoms with Crippen molar-refractivity contribution in [3.8, 4) is 0 Å². The summed E-state index contributed by atoms with van der Waals surface area (Å²) in [5.74, 6) is 0.0245. The van der Waals surface area contributed by atoms with Crippen LogP contribution < -0.4 is 11.5 Å². The second kappa shape index (κ2) is 5.07. The molecule has 2 aromatic rings. The Kier molecular flexibility index (Phi) is 3.40. The van der Waals surface area contributed by atoms with E-state index in [2.05, 4.69) is 6.07 Å². The minimum atomic E-state index is 0.0245. The molecule has 1 aromatic carbocycles. The molecule has 5 heteroatoms. The number of benzene rings is 1. The van der Waals surface area contributed by atoms with Crippen molar-refractivity contribution < 1.29 is 4.79 Å². The molecule has 4 N–H and O–H groups in total. The van der Waals surface area contributed by atoms with Crippen molar-refractivity contribution in [2.75, 3.05) is 18.8 Å². The summed E-state index contributed by atoms with van der Waals surface area (Å²) in [5.41, 5.74) is 13.9. The summed E-state index contributed by atoms with van der Waals surface area (Å²) in [4.78, 5) is 15.1. The Morgan fingerprint density at radius 2 is 2.25 bits per heavy atom. The van der Waals surface area contributed by atoms with E-state index in [4.69, 9.17) is 11.5 Å². The molecule has 1 aliphatic heterocycles. The van der Waals surface area contributed by atoms with Gasteiger partial charge in [0, 0.05) is 29.2 Å². The van der Waals surface area contributed by atoms with Gasteiger partial charge < -0.3 is 16.4 Å². The predicted octanol–water partition coefficient (Wildman–Crippen LogP) is 2.36. The number of anilines is 1. The Hall–Kier alpha value is -1.59. The topological polar surface area (TPSA) is 72.4 Å². The molecule has 1 saturated heterocycles. The van der Waals surface area contributed by atoms with E-state index in [0.717, 1.165) is 29.5 Å². The van der Waals surface area contributed by atoms with Crippen LogP contribution in [-0.4, -0.2) is 29.9 Å². The summed E-state index contributed by atoms with van der Waals surface area (Å²) in [6.45, 7) is 3.45. The predicted molar refractivity (Wildman–Crippen MR) is 84.1 cm³/mol. The fraction of sp³-hybridized carbons (Fsp3) is 0.400. The van der Waals surface area contributed by atoms with E-state index < -0.39 is 0 Å². The van der Waals surface area contributed by atoms with Crippen LogP contribution in [0.5, 0.6) is 0 Å². The molecule has 106 valence electrons. The molecule has 1 atom stereocenters. The number of thiophene rings is 1. The van der Waals surface area contributed by atoms with Gasteiger partial charge in [0.05, 0.1) is 5.69 Å². The fourth-order valence-corrected chi connectivity index (χ4v) is 3.91. The number of amides is 1. The monoisotopic (exact) mass is 289 g/mol. The van der Waals surface area contributed by atoms with Crippen LogP contribution in [0.3, 0.4) is 0 Å². The molecule has 0 bridgehead atoms. The molecule has 0 aliphatic carbocycles. The molecule has 0 saturated carbocycles. The zero-order chi connectivity index (χ0) is 14.3. The summed E-state index contributed by atoms with van der Waals surface area (Å²) >= 11 is 1.48. The van der Waals surface area contributed by atoms with Crippen LogP contribution in [0.4, 0.5) is 5.69 Å². The highest BCUT2D eigenvalue weighted by atomic mass is 32.1. The van der Waals surface area contributed by atoms with Crippen molar-refractivity contribution in [1.82, 2.24) is 4.90 Å². The van der Waals surface area contributed by atoms with Gasteiger partial charge in [-0.3, -0.25) is 4.79 Å². The number of carbonyl (C=O) groups is 1. The van der Waals surface area contributed by atoms with Crippen LogP contribution in [0, 0.1) is 6.92 Å². The van der Waals surface area contributed by atoms with Crippen LogP contribution in [0.2, 0.25) is 0 Å². The highest BCUT2D eigenvalue weighted by Crippen LogP contribution is 2.35. The Balaban J connectivity index is 1.97. The summed E-state index contributed by atoms with van der Waals surface area (Å²) in [7, 11) is 0. The maximum atomic E-state index is 12.6. The Morgan fingerprint density at radius 3 is 3.00 bits per heavy atom. The van der Waals surface area contributed by atoms with Crippen LogP contribution in [-0.2, 0) is 0 Å². The van der Waals surface area contributed by atoms with E-state index >= 15 is 0 Å². The van der Waals surface area contributed by atoms with Gasteiger partial charge >= 0.3 is 0 Å². The van der Waals surface area contributed by atoms with Crippen LogP contribution in [0.1, 0.15) is 28.1 Å². The van der Waals surface area contributed by atoms with Crippen molar-refractivity contribution in [3.05, 3.63) is 28.6 Å². The number of nitrogens with two attached hydrogens (primary N) is 2. The van der Waals surface area contributed by atoms with Crippen molar-refractivity contribution >= 4 is 33.0 Å². The number of rotatable bonds is 1. The van der Waals surface area contributed by atoms with Crippen molar-refractivity contribution in [1.29, 1.82) is 0 Å². The molecule has 1 aliphatic rings. The van der Waals surface area contributed by atoms with E-state index in [0.29, 0.717) is 17.1 Å². The molecule has 3 rings (SSSR count). The molecule has 1 unspecified atom stereocenters. The number of aryl methyl sites for hydroxylation is 1. The van der Waals surface area contributed by atoms with Crippen LogP contribution in [0.25, 0.3) is 10.1 Å². The lowest BCUT2D eigenvalue weighted by molar-refractivity contribution is 0.0715. The van der Waals surface area contributed by atoms with Crippen molar-refractivity contribution in [3.63, 3.8) is 0 Å². The average Bonchev–Trinajstić information content (AvgIpc) is 2.74. The zero-order valence-electron chi connectivity index (χ0n) is 11.6. The largest absolute Gasteiger partial charge is 0.397 e. The summed E-state index contributed by atoms with van der Waals surface area (Å²) < 4.78 is 1.08. The molecule has 1 aromatic heterocycles. The molecule has 4 nitrogen and oxygen atoms in total. The third kappa shape index (κ3) is 2.27. The number of piperidine rings is 1. The Morgan fingerprint density at radius 1 is 1.45 bits per heavy atom. The summed E-state index contributed by atoms with van der Waals surface area (Å²) in [5, 5.41) is 0.977. The quantitative estimate of drug-likeness (QED) is 0.846.